The average molecular weight is 642 g/mol. The molecule has 0 saturated carbocycles. The minimum absolute atomic E-state index is 0.186. The highest BCUT2D eigenvalue weighted by Gasteiger charge is 2.35. The van der Waals surface area contributed by atoms with Crippen LogP contribution in [0.3, 0.4) is 0 Å². The standard InChI is InChI=1S/C29H32Cl4N4O4/c1-5-34-24-14-20(30)22(32)16-26(24)36(10-12-40-18(3)38)28(34)8-7-9-29-35(6-2)25-15-21(31)23(33)17-27(25)37(29)11-13-41-19(4)39/h7-9,14-17,28H,5-6,10-13H2,1-4H3/b8-7-,29-9+/t28-/m0/s1. The Labute approximate surface area is 260 Å². The van der Waals surface area contributed by atoms with Gasteiger partial charge in [-0.15, -0.1) is 0 Å². The van der Waals surface area contributed by atoms with E-state index in [9.17, 15) is 9.59 Å². The van der Waals surface area contributed by atoms with E-state index in [-0.39, 0.29) is 31.3 Å². The third kappa shape index (κ3) is 6.67. The van der Waals surface area contributed by atoms with Crippen LogP contribution in [-0.2, 0) is 19.1 Å². The minimum atomic E-state index is -0.342. The second-order valence-corrected chi connectivity index (χ2v) is 11.0. The maximum Gasteiger partial charge on any atom is 0.302 e. The number of rotatable bonds is 10. The van der Waals surface area contributed by atoms with Crippen LogP contribution in [0, 0.1) is 0 Å². The van der Waals surface area contributed by atoms with Crippen molar-refractivity contribution < 1.29 is 19.1 Å². The average Bonchev–Trinajstić information content (AvgIpc) is 3.34. The van der Waals surface area contributed by atoms with Crippen molar-refractivity contribution in [3.63, 3.8) is 0 Å². The number of nitrogens with zero attached hydrogens (tertiary/aromatic N) is 4. The van der Waals surface area contributed by atoms with Gasteiger partial charge in [0.15, 0.2) is 0 Å². The fourth-order valence-electron chi connectivity index (χ4n) is 5.16. The summed E-state index contributed by atoms with van der Waals surface area (Å²) in [7, 11) is 0. The van der Waals surface area contributed by atoms with E-state index in [1.165, 1.54) is 13.8 Å². The maximum absolute atomic E-state index is 11.5. The van der Waals surface area contributed by atoms with Gasteiger partial charge in [0.05, 0.1) is 55.9 Å². The van der Waals surface area contributed by atoms with Gasteiger partial charge in [-0.1, -0.05) is 52.5 Å². The van der Waals surface area contributed by atoms with Gasteiger partial charge in [0.2, 0.25) is 0 Å². The first-order valence-electron chi connectivity index (χ1n) is 13.3. The van der Waals surface area contributed by atoms with Crippen molar-refractivity contribution in [1.29, 1.82) is 0 Å². The first-order chi connectivity index (χ1) is 19.6. The van der Waals surface area contributed by atoms with Gasteiger partial charge in [0, 0.05) is 26.9 Å². The van der Waals surface area contributed by atoms with E-state index in [0.717, 1.165) is 28.6 Å². The summed E-state index contributed by atoms with van der Waals surface area (Å²) >= 11 is 25.6. The first kappa shape index (κ1) is 31.2. The highest BCUT2D eigenvalue weighted by atomic mass is 35.5. The van der Waals surface area contributed by atoms with Crippen molar-refractivity contribution in [3.8, 4) is 0 Å². The lowest BCUT2D eigenvalue weighted by atomic mass is 10.2. The number of esters is 2. The van der Waals surface area contributed by atoms with Gasteiger partial charge < -0.3 is 29.1 Å². The summed E-state index contributed by atoms with van der Waals surface area (Å²) in [5, 5.41) is 1.83. The summed E-state index contributed by atoms with van der Waals surface area (Å²) in [6.45, 7) is 9.61. The summed E-state index contributed by atoms with van der Waals surface area (Å²) in [5.41, 5.74) is 3.65. The molecule has 2 aliphatic heterocycles. The van der Waals surface area contributed by atoms with Gasteiger partial charge in [-0.05, 0) is 50.3 Å². The van der Waals surface area contributed by atoms with Gasteiger partial charge in [0.1, 0.15) is 25.2 Å². The van der Waals surface area contributed by atoms with Crippen molar-refractivity contribution in [2.45, 2.75) is 33.9 Å². The lowest BCUT2D eigenvalue weighted by molar-refractivity contribution is -0.141. The van der Waals surface area contributed by atoms with Crippen molar-refractivity contribution in [1.82, 2.24) is 0 Å². The molecule has 0 aromatic heterocycles. The van der Waals surface area contributed by atoms with Crippen LogP contribution in [0.5, 0.6) is 0 Å². The van der Waals surface area contributed by atoms with Crippen LogP contribution in [0.4, 0.5) is 22.7 Å². The number of benzene rings is 2. The number of fused-ring (bicyclic) bond motifs is 2. The molecule has 0 unspecified atom stereocenters. The molecule has 0 fully saturated rings. The van der Waals surface area contributed by atoms with E-state index in [2.05, 4.69) is 39.5 Å². The zero-order chi connectivity index (χ0) is 29.8. The van der Waals surface area contributed by atoms with Crippen LogP contribution in [0.2, 0.25) is 20.1 Å². The molecule has 4 rings (SSSR count). The highest BCUT2D eigenvalue weighted by Crippen LogP contribution is 2.46. The Morgan fingerprint density at radius 1 is 0.732 bits per heavy atom. The van der Waals surface area contributed by atoms with Crippen LogP contribution in [0.25, 0.3) is 0 Å². The number of halogens is 4. The quantitative estimate of drug-likeness (QED) is 0.254. The van der Waals surface area contributed by atoms with Gasteiger partial charge in [-0.3, -0.25) is 9.59 Å². The van der Waals surface area contributed by atoms with Crippen LogP contribution in [0.1, 0.15) is 27.7 Å². The normalized spacial score (nSPS) is 17.1. The molecule has 0 bridgehead atoms. The molecule has 2 heterocycles. The summed E-state index contributed by atoms with van der Waals surface area (Å²) in [5.74, 6) is 0.212. The number of carbonyl (C=O) groups is 2. The monoisotopic (exact) mass is 640 g/mol. The number of allylic oxidation sites excluding steroid dienone is 2. The van der Waals surface area contributed by atoms with Crippen LogP contribution >= 0.6 is 46.4 Å². The van der Waals surface area contributed by atoms with E-state index in [1.54, 1.807) is 0 Å². The van der Waals surface area contributed by atoms with Gasteiger partial charge in [-0.2, -0.15) is 0 Å². The molecule has 0 amide bonds. The summed E-state index contributed by atoms with van der Waals surface area (Å²) in [6, 6.07) is 7.39. The molecule has 41 heavy (non-hydrogen) atoms. The third-order valence-corrected chi connectivity index (χ3v) is 8.31. The molecule has 1 atom stereocenters. The predicted octanol–water partition coefficient (Wildman–Crippen LogP) is 7.14. The van der Waals surface area contributed by atoms with Crippen molar-refractivity contribution >= 4 is 81.1 Å². The topological polar surface area (TPSA) is 65.6 Å². The molecular weight excluding hydrogens is 610 g/mol. The Balaban J connectivity index is 1.70. The largest absolute Gasteiger partial charge is 0.464 e. The van der Waals surface area contributed by atoms with Crippen LogP contribution < -0.4 is 19.6 Å². The van der Waals surface area contributed by atoms with E-state index in [1.807, 2.05) is 36.4 Å². The Hall–Kier alpha value is -2.78. The van der Waals surface area contributed by atoms with Gasteiger partial charge in [-0.25, -0.2) is 0 Å². The Morgan fingerprint density at radius 2 is 1.22 bits per heavy atom. The third-order valence-electron chi connectivity index (χ3n) is 6.87. The number of carbonyl (C=O) groups excluding carboxylic acids is 2. The smallest absolute Gasteiger partial charge is 0.302 e. The molecule has 0 saturated heterocycles. The van der Waals surface area contributed by atoms with Crippen molar-refractivity contribution in [2.24, 2.45) is 0 Å². The molecule has 2 aromatic carbocycles. The molecule has 12 heteroatoms. The fraction of sp³-hybridized carbons (Fsp3) is 0.379. The lowest BCUT2D eigenvalue weighted by Crippen LogP contribution is -2.43. The molecular formula is C29H32Cl4N4O4. The van der Waals surface area contributed by atoms with Crippen LogP contribution in [-0.4, -0.2) is 57.5 Å². The number of hydrogen-bond donors (Lipinski definition) is 0. The minimum Gasteiger partial charge on any atom is -0.464 e. The second-order valence-electron chi connectivity index (χ2n) is 9.39. The van der Waals surface area contributed by atoms with E-state index in [4.69, 9.17) is 55.9 Å². The van der Waals surface area contributed by atoms with Crippen LogP contribution in [0.15, 0.2) is 48.3 Å². The fourth-order valence-corrected chi connectivity index (χ4v) is 5.80. The van der Waals surface area contributed by atoms with Gasteiger partial charge >= 0.3 is 11.9 Å². The molecule has 220 valence electrons. The molecule has 8 nitrogen and oxygen atoms in total. The van der Waals surface area contributed by atoms with Gasteiger partial charge in [0.25, 0.3) is 0 Å². The number of anilines is 4. The SMILES string of the molecule is CCN1/C(=C\C=C/[C@H]2N(CC)c3cc(Cl)c(Cl)cc3N2CCOC(C)=O)N(CCOC(C)=O)c2cc(Cl)c(Cl)cc21. The Morgan fingerprint density at radius 3 is 1.73 bits per heavy atom. The Kier molecular flexibility index (Phi) is 10.2. The zero-order valence-corrected chi connectivity index (χ0v) is 26.3. The van der Waals surface area contributed by atoms with E-state index < -0.39 is 0 Å². The second kappa shape index (κ2) is 13.5. The molecule has 0 radical (unpaired) electrons. The highest BCUT2D eigenvalue weighted by molar-refractivity contribution is 6.43. The maximum atomic E-state index is 11.5. The van der Waals surface area contributed by atoms with E-state index in [0.29, 0.717) is 46.3 Å². The molecule has 0 N–H and O–H groups in total. The lowest BCUT2D eigenvalue weighted by Gasteiger charge is -2.30. The van der Waals surface area contributed by atoms with Crippen molar-refractivity contribution in [2.75, 3.05) is 59.0 Å². The summed E-state index contributed by atoms with van der Waals surface area (Å²) in [6.07, 6.45) is 5.90. The molecule has 2 aromatic rings. The van der Waals surface area contributed by atoms with E-state index >= 15 is 0 Å². The Bertz CT molecular complexity index is 1380. The molecule has 0 spiro atoms. The molecule has 0 aliphatic carbocycles. The van der Waals surface area contributed by atoms with Crippen molar-refractivity contribution in [3.05, 3.63) is 68.4 Å². The summed E-state index contributed by atoms with van der Waals surface area (Å²) < 4.78 is 10.5. The zero-order valence-electron chi connectivity index (χ0n) is 23.3. The number of ether oxygens (including phenoxy) is 2. The number of hydrogen-bond acceptors (Lipinski definition) is 8. The number of likely N-dealkylation sites (N-methyl/N-ethyl adjacent to an activating group) is 1. The molecule has 2 aliphatic rings. The predicted molar refractivity (Wildman–Crippen MR) is 168 cm³/mol. The summed E-state index contributed by atoms with van der Waals surface area (Å²) in [4.78, 5) is 31.4. The first-order valence-corrected chi connectivity index (χ1v) is 14.8.